The molecular weight excluding hydrogens is 298 g/mol. The molecule has 0 bridgehead atoms. The van der Waals surface area contributed by atoms with Gasteiger partial charge in [0.25, 0.3) is 0 Å². The van der Waals surface area contributed by atoms with Crippen LogP contribution in [0.4, 0.5) is 0 Å². The fourth-order valence-electron chi connectivity index (χ4n) is 1.74. The van der Waals surface area contributed by atoms with E-state index in [-0.39, 0.29) is 13.1 Å². The van der Waals surface area contributed by atoms with Crippen LogP contribution in [0.5, 0.6) is 0 Å². The van der Waals surface area contributed by atoms with Crippen molar-refractivity contribution >= 4 is 16.0 Å². The van der Waals surface area contributed by atoms with E-state index in [1.165, 1.54) is 12.5 Å². The topological polar surface area (TPSA) is 101 Å². The van der Waals surface area contributed by atoms with Gasteiger partial charge in [0, 0.05) is 0 Å². The third kappa shape index (κ3) is 3.53. The fraction of sp³-hybridized carbons (Fsp3) is 0.308. The second-order valence-corrected chi connectivity index (χ2v) is 6.71. The number of sulfonamides is 1. The molecule has 0 fully saturated rings. The highest BCUT2D eigenvalue weighted by Crippen LogP contribution is 2.18. The van der Waals surface area contributed by atoms with E-state index in [1.54, 1.807) is 24.3 Å². The number of aliphatic carboxylic acids is 1. The summed E-state index contributed by atoms with van der Waals surface area (Å²) in [5.41, 5.74) is 0. The van der Waals surface area contributed by atoms with Gasteiger partial charge in [0.1, 0.15) is 11.5 Å². The van der Waals surface area contributed by atoms with E-state index in [4.69, 9.17) is 13.9 Å². The zero-order valence-electron chi connectivity index (χ0n) is 11.3. The maximum Gasteiger partial charge on any atom is 0.323 e. The van der Waals surface area contributed by atoms with Crippen molar-refractivity contribution < 1.29 is 27.2 Å². The molecule has 0 saturated carbocycles. The summed E-state index contributed by atoms with van der Waals surface area (Å²) >= 11 is 0. The monoisotopic (exact) mass is 313 g/mol. The molecule has 0 aliphatic heterocycles. The number of hydrogen-bond acceptors (Lipinski definition) is 5. The summed E-state index contributed by atoms with van der Waals surface area (Å²) in [6.45, 7) is 1.01. The molecule has 0 saturated heterocycles. The molecule has 21 heavy (non-hydrogen) atoms. The van der Waals surface area contributed by atoms with E-state index in [2.05, 4.69) is 0 Å². The van der Waals surface area contributed by atoms with Gasteiger partial charge in [-0.25, -0.2) is 8.42 Å². The van der Waals surface area contributed by atoms with Gasteiger partial charge in [0.15, 0.2) is 5.25 Å². The number of furan rings is 2. The Bertz CT molecular complexity index is 638. The van der Waals surface area contributed by atoms with Gasteiger partial charge in [-0.3, -0.25) is 4.79 Å². The molecule has 2 aromatic rings. The second kappa shape index (κ2) is 6.15. The number of carboxylic acids is 1. The van der Waals surface area contributed by atoms with E-state index in [0.29, 0.717) is 11.5 Å². The lowest BCUT2D eigenvalue weighted by molar-refractivity contribution is -0.136. The lowest BCUT2D eigenvalue weighted by Crippen LogP contribution is -2.40. The van der Waals surface area contributed by atoms with E-state index in [0.717, 1.165) is 11.2 Å². The van der Waals surface area contributed by atoms with Gasteiger partial charge in [-0.2, -0.15) is 4.31 Å². The maximum atomic E-state index is 12.4. The normalized spacial score (nSPS) is 13.4. The fourth-order valence-corrected chi connectivity index (χ4v) is 3.06. The minimum atomic E-state index is -4.04. The van der Waals surface area contributed by atoms with Gasteiger partial charge in [-0.1, -0.05) is 0 Å². The number of hydrogen-bond donors (Lipinski definition) is 1. The van der Waals surface area contributed by atoms with Crippen LogP contribution in [0.3, 0.4) is 0 Å². The molecule has 1 atom stereocenters. The first-order valence-electron chi connectivity index (χ1n) is 6.18. The quantitative estimate of drug-likeness (QED) is 0.834. The highest BCUT2D eigenvalue weighted by molar-refractivity contribution is 7.90. The van der Waals surface area contributed by atoms with Crippen LogP contribution in [0.1, 0.15) is 18.4 Å². The zero-order chi connectivity index (χ0) is 15.5. The lowest BCUT2D eigenvalue weighted by atomic mass is 10.4. The van der Waals surface area contributed by atoms with Crippen LogP contribution >= 0.6 is 0 Å². The van der Waals surface area contributed by atoms with Crippen molar-refractivity contribution in [2.45, 2.75) is 25.3 Å². The second-order valence-electron chi connectivity index (χ2n) is 4.45. The standard InChI is InChI=1S/C13H15NO6S/c1-10(13(15)16)21(17,18)14(8-11-4-2-6-19-11)9-12-5-3-7-20-12/h2-7,10H,8-9H2,1H3,(H,15,16). The minimum absolute atomic E-state index is 0.0619. The van der Waals surface area contributed by atoms with Crippen molar-refractivity contribution in [1.82, 2.24) is 4.31 Å². The van der Waals surface area contributed by atoms with Crippen molar-refractivity contribution in [3.05, 3.63) is 48.3 Å². The summed E-state index contributed by atoms with van der Waals surface area (Å²) in [5.74, 6) is -0.565. The predicted molar refractivity (Wildman–Crippen MR) is 72.7 cm³/mol. The smallest absolute Gasteiger partial charge is 0.323 e. The molecule has 2 aromatic heterocycles. The molecule has 1 unspecified atom stereocenters. The largest absolute Gasteiger partial charge is 0.480 e. The Morgan fingerprint density at radius 3 is 2.00 bits per heavy atom. The van der Waals surface area contributed by atoms with Crippen molar-refractivity contribution in [3.8, 4) is 0 Å². The third-order valence-electron chi connectivity index (χ3n) is 2.98. The minimum Gasteiger partial charge on any atom is -0.480 e. The highest BCUT2D eigenvalue weighted by Gasteiger charge is 2.34. The van der Waals surface area contributed by atoms with Crippen LogP contribution in [0.2, 0.25) is 0 Å². The zero-order valence-corrected chi connectivity index (χ0v) is 12.1. The van der Waals surface area contributed by atoms with Gasteiger partial charge >= 0.3 is 5.97 Å². The van der Waals surface area contributed by atoms with Crippen molar-refractivity contribution in [2.75, 3.05) is 0 Å². The van der Waals surface area contributed by atoms with Gasteiger partial charge < -0.3 is 13.9 Å². The number of carboxylic acid groups (broad SMARTS) is 1. The summed E-state index contributed by atoms with van der Waals surface area (Å²) in [6.07, 6.45) is 2.85. The molecule has 0 amide bonds. The van der Waals surface area contributed by atoms with E-state index in [1.807, 2.05) is 0 Å². The van der Waals surface area contributed by atoms with E-state index < -0.39 is 21.2 Å². The summed E-state index contributed by atoms with van der Waals surface area (Å²) in [6, 6.07) is 6.51. The highest BCUT2D eigenvalue weighted by atomic mass is 32.2. The first kappa shape index (κ1) is 15.3. The molecule has 2 heterocycles. The van der Waals surface area contributed by atoms with Gasteiger partial charge in [0.2, 0.25) is 10.0 Å². The van der Waals surface area contributed by atoms with E-state index in [9.17, 15) is 13.2 Å². The summed E-state index contributed by atoms with van der Waals surface area (Å²) < 4.78 is 36.1. The van der Waals surface area contributed by atoms with Crippen LogP contribution in [0.15, 0.2) is 45.6 Å². The molecule has 7 nitrogen and oxygen atoms in total. The molecular formula is C13H15NO6S. The van der Waals surface area contributed by atoms with Crippen LogP contribution in [0.25, 0.3) is 0 Å². The number of rotatable bonds is 7. The average molecular weight is 313 g/mol. The molecule has 0 aliphatic rings. The molecule has 0 radical (unpaired) electrons. The van der Waals surface area contributed by atoms with Gasteiger partial charge in [-0.05, 0) is 31.2 Å². The van der Waals surface area contributed by atoms with Crippen LogP contribution < -0.4 is 0 Å². The van der Waals surface area contributed by atoms with Crippen molar-refractivity contribution in [2.24, 2.45) is 0 Å². The predicted octanol–water partition coefficient (Wildman–Crippen LogP) is 1.68. The Balaban J connectivity index is 2.28. The molecule has 0 spiro atoms. The van der Waals surface area contributed by atoms with Crippen molar-refractivity contribution in [3.63, 3.8) is 0 Å². The van der Waals surface area contributed by atoms with Crippen LogP contribution in [-0.2, 0) is 27.9 Å². The number of nitrogens with zero attached hydrogens (tertiary/aromatic N) is 1. The Morgan fingerprint density at radius 1 is 1.19 bits per heavy atom. The van der Waals surface area contributed by atoms with Crippen LogP contribution in [-0.4, -0.2) is 29.0 Å². The van der Waals surface area contributed by atoms with Gasteiger partial charge in [-0.15, -0.1) is 0 Å². The summed E-state index contributed by atoms with van der Waals surface area (Å²) in [7, 11) is -4.04. The first-order chi connectivity index (χ1) is 9.91. The maximum absolute atomic E-state index is 12.4. The SMILES string of the molecule is CC(C(=O)O)S(=O)(=O)N(Cc1ccco1)Cc1ccco1. The first-order valence-corrected chi connectivity index (χ1v) is 7.68. The molecule has 0 aliphatic carbocycles. The molecule has 8 heteroatoms. The Labute approximate surface area is 121 Å². The van der Waals surface area contributed by atoms with Crippen molar-refractivity contribution in [1.29, 1.82) is 0 Å². The number of carbonyl (C=O) groups is 1. The summed E-state index contributed by atoms with van der Waals surface area (Å²) in [4.78, 5) is 11.0. The molecule has 1 N–H and O–H groups in total. The van der Waals surface area contributed by atoms with Gasteiger partial charge in [0.05, 0.1) is 25.6 Å². The van der Waals surface area contributed by atoms with Crippen LogP contribution in [0, 0.1) is 0 Å². The Kier molecular flexibility index (Phi) is 4.49. The molecule has 0 aromatic carbocycles. The van der Waals surface area contributed by atoms with E-state index >= 15 is 0 Å². The summed E-state index contributed by atoms with van der Waals surface area (Å²) in [5, 5.41) is 7.41. The molecule has 2 rings (SSSR count). The Hall–Kier alpha value is -2.06. The Morgan fingerprint density at radius 2 is 1.67 bits per heavy atom. The third-order valence-corrected chi connectivity index (χ3v) is 5.05. The average Bonchev–Trinajstić information content (AvgIpc) is 3.10. The lowest BCUT2D eigenvalue weighted by Gasteiger charge is -2.22. The molecule has 114 valence electrons.